The van der Waals surface area contributed by atoms with Gasteiger partial charge in [-0.05, 0) is 54.5 Å². The fourth-order valence-electron chi connectivity index (χ4n) is 4.14. The van der Waals surface area contributed by atoms with E-state index in [0.717, 1.165) is 17.5 Å². The molecule has 2 heterocycles. The molecule has 7 nitrogen and oxygen atoms in total. The third kappa shape index (κ3) is 6.81. The van der Waals surface area contributed by atoms with Crippen molar-refractivity contribution in [3.05, 3.63) is 56.7 Å². The third-order valence-electron chi connectivity index (χ3n) is 5.78. The second-order valence-electron chi connectivity index (χ2n) is 8.06. The highest BCUT2D eigenvalue weighted by Crippen LogP contribution is 2.38. The Morgan fingerprint density at radius 3 is 2.65 bits per heavy atom. The second kappa shape index (κ2) is 12.9. The monoisotopic (exact) mass is 506 g/mol. The fourth-order valence-corrected chi connectivity index (χ4v) is 5.17. The normalized spacial score (nSPS) is 15.0. The number of fused-ring (bicyclic) bond motifs is 1. The Kier molecular flexibility index (Phi) is 9.92. The molecule has 1 aliphatic heterocycles. The Labute approximate surface area is 209 Å². The van der Waals surface area contributed by atoms with Gasteiger partial charge >= 0.3 is 5.97 Å². The number of carbonyl (C=O) groups excluding carboxylic acids is 3. The lowest BCUT2D eigenvalue weighted by atomic mass is 9.93. The number of benzene rings is 1. The molecular formula is C25H31ClN2O5S. The van der Waals surface area contributed by atoms with Gasteiger partial charge in [0.05, 0.1) is 25.6 Å². The first-order valence-electron chi connectivity index (χ1n) is 11.5. The number of ether oxygens (including phenoxy) is 2. The quantitative estimate of drug-likeness (QED) is 0.339. The molecule has 1 aromatic heterocycles. The van der Waals surface area contributed by atoms with Crippen molar-refractivity contribution in [3.63, 3.8) is 0 Å². The first-order valence-corrected chi connectivity index (χ1v) is 12.7. The van der Waals surface area contributed by atoms with Gasteiger partial charge in [0.25, 0.3) is 0 Å². The van der Waals surface area contributed by atoms with Gasteiger partial charge in [0.2, 0.25) is 11.8 Å². The number of thiophene rings is 1. The SMILES string of the molecule is CCOC(=O)CCC(=O)N(CCCOC)CC(=O)N1CCc2sccc2C1c1ccc(Cl)cc1. The number of esters is 1. The van der Waals surface area contributed by atoms with Crippen LogP contribution in [0.1, 0.15) is 48.2 Å². The summed E-state index contributed by atoms with van der Waals surface area (Å²) in [5.74, 6) is -0.782. The number of halogens is 1. The van der Waals surface area contributed by atoms with Crippen LogP contribution in [0.25, 0.3) is 0 Å². The van der Waals surface area contributed by atoms with E-state index in [1.165, 1.54) is 9.78 Å². The van der Waals surface area contributed by atoms with Crippen molar-refractivity contribution in [2.45, 2.75) is 38.6 Å². The van der Waals surface area contributed by atoms with Crippen LogP contribution in [0.4, 0.5) is 0 Å². The standard InChI is InChI=1S/C25H31ClN2O5S/c1-3-33-24(31)10-9-22(29)27(13-4-15-32-2)17-23(30)28-14-11-21-20(12-16-34-21)25(28)18-5-7-19(26)8-6-18/h5-8,12,16,25H,3-4,9-11,13-15,17H2,1-2H3. The molecule has 184 valence electrons. The molecule has 2 amide bonds. The second-order valence-corrected chi connectivity index (χ2v) is 9.49. The van der Waals surface area contributed by atoms with Crippen LogP contribution >= 0.6 is 22.9 Å². The lowest BCUT2D eigenvalue weighted by molar-refractivity contribution is -0.146. The Morgan fingerprint density at radius 1 is 1.18 bits per heavy atom. The van der Waals surface area contributed by atoms with Gasteiger partial charge in [0.1, 0.15) is 0 Å². The predicted octanol–water partition coefficient (Wildman–Crippen LogP) is 4.08. The first-order chi connectivity index (χ1) is 16.4. The van der Waals surface area contributed by atoms with E-state index in [0.29, 0.717) is 31.1 Å². The van der Waals surface area contributed by atoms with Crippen LogP contribution in [0, 0.1) is 0 Å². The van der Waals surface area contributed by atoms with Crippen LogP contribution in [-0.4, -0.2) is 67.5 Å². The third-order valence-corrected chi connectivity index (χ3v) is 7.02. The summed E-state index contributed by atoms with van der Waals surface area (Å²) in [4.78, 5) is 42.8. The predicted molar refractivity (Wildman–Crippen MR) is 132 cm³/mol. The number of nitrogens with zero attached hydrogens (tertiary/aromatic N) is 2. The van der Waals surface area contributed by atoms with E-state index in [2.05, 4.69) is 11.4 Å². The summed E-state index contributed by atoms with van der Waals surface area (Å²) in [6.07, 6.45) is 1.39. The van der Waals surface area contributed by atoms with E-state index in [9.17, 15) is 14.4 Å². The van der Waals surface area contributed by atoms with Gasteiger partial charge in [-0.3, -0.25) is 14.4 Å². The Morgan fingerprint density at radius 2 is 1.94 bits per heavy atom. The molecule has 9 heteroatoms. The van der Waals surface area contributed by atoms with Crippen LogP contribution in [0.2, 0.25) is 5.02 Å². The number of amides is 2. The number of methoxy groups -OCH3 is 1. The van der Waals surface area contributed by atoms with Crippen LogP contribution < -0.4 is 0 Å². The zero-order valence-corrected chi connectivity index (χ0v) is 21.2. The molecule has 1 aromatic carbocycles. The summed E-state index contributed by atoms with van der Waals surface area (Å²) in [7, 11) is 1.60. The summed E-state index contributed by atoms with van der Waals surface area (Å²) < 4.78 is 10.1. The van der Waals surface area contributed by atoms with Crippen LogP contribution in [0.5, 0.6) is 0 Å². The van der Waals surface area contributed by atoms with E-state index in [-0.39, 0.29) is 43.8 Å². The van der Waals surface area contributed by atoms with Crippen molar-refractivity contribution in [2.75, 3.05) is 40.0 Å². The van der Waals surface area contributed by atoms with Gasteiger partial charge in [-0.15, -0.1) is 11.3 Å². The van der Waals surface area contributed by atoms with Crippen LogP contribution in [-0.2, 0) is 30.3 Å². The molecular weight excluding hydrogens is 476 g/mol. The summed E-state index contributed by atoms with van der Waals surface area (Å²) in [5, 5.41) is 2.69. The molecule has 2 aromatic rings. The zero-order valence-electron chi connectivity index (χ0n) is 19.6. The van der Waals surface area contributed by atoms with Crippen LogP contribution in [0.3, 0.4) is 0 Å². The number of carbonyl (C=O) groups is 3. The number of hydrogen-bond acceptors (Lipinski definition) is 6. The van der Waals surface area contributed by atoms with Crippen molar-refractivity contribution in [2.24, 2.45) is 0 Å². The van der Waals surface area contributed by atoms with Gasteiger partial charge in [0.15, 0.2) is 0 Å². The van der Waals surface area contributed by atoms with Crippen molar-refractivity contribution in [1.29, 1.82) is 0 Å². The summed E-state index contributed by atoms with van der Waals surface area (Å²) in [6, 6.07) is 9.39. The van der Waals surface area contributed by atoms with E-state index in [1.807, 2.05) is 29.2 Å². The molecule has 34 heavy (non-hydrogen) atoms. The molecule has 0 radical (unpaired) electrons. The summed E-state index contributed by atoms with van der Waals surface area (Å²) in [5.41, 5.74) is 2.10. The maximum absolute atomic E-state index is 13.6. The molecule has 0 spiro atoms. The maximum Gasteiger partial charge on any atom is 0.306 e. The average molecular weight is 507 g/mol. The summed E-state index contributed by atoms with van der Waals surface area (Å²) in [6.45, 7) is 3.38. The number of rotatable bonds is 11. The van der Waals surface area contributed by atoms with Crippen molar-refractivity contribution < 1.29 is 23.9 Å². The summed E-state index contributed by atoms with van der Waals surface area (Å²) >= 11 is 7.80. The van der Waals surface area contributed by atoms with E-state index >= 15 is 0 Å². The minimum Gasteiger partial charge on any atom is -0.466 e. The first kappa shape index (κ1) is 26.2. The zero-order chi connectivity index (χ0) is 24.5. The maximum atomic E-state index is 13.6. The molecule has 0 fully saturated rings. The lowest BCUT2D eigenvalue weighted by Gasteiger charge is -2.37. The lowest BCUT2D eigenvalue weighted by Crippen LogP contribution is -2.47. The Hall–Kier alpha value is -2.42. The minimum atomic E-state index is -0.414. The van der Waals surface area contributed by atoms with Gasteiger partial charge in [0, 0.05) is 43.1 Å². The average Bonchev–Trinajstić information content (AvgIpc) is 3.31. The van der Waals surface area contributed by atoms with Gasteiger partial charge in [-0.25, -0.2) is 0 Å². The molecule has 0 saturated heterocycles. The molecule has 0 aliphatic carbocycles. The molecule has 1 unspecified atom stereocenters. The molecule has 1 aliphatic rings. The smallest absolute Gasteiger partial charge is 0.306 e. The van der Waals surface area contributed by atoms with E-state index < -0.39 is 5.97 Å². The van der Waals surface area contributed by atoms with Crippen molar-refractivity contribution in [3.8, 4) is 0 Å². The van der Waals surface area contributed by atoms with E-state index in [4.69, 9.17) is 21.1 Å². The Bertz CT molecular complexity index is 978. The Balaban J connectivity index is 1.77. The molecule has 3 rings (SSSR count). The highest BCUT2D eigenvalue weighted by atomic mass is 35.5. The molecule has 1 atom stereocenters. The highest BCUT2D eigenvalue weighted by molar-refractivity contribution is 7.10. The molecule has 0 N–H and O–H groups in total. The van der Waals surface area contributed by atoms with E-state index in [1.54, 1.807) is 25.4 Å². The van der Waals surface area contributed by atoms with Gasteiger partial charge in [-0.2, -0.15) is 0 Å². The topological polar surface area (TPSA) is 76.1 Å². The highest BCUT2D eigenvalue weighted by Gasteiger charge is 2.34. The van der Waals surface area contributed by atoms with Crippen molar-refractivity contribution in [1.82, 2.24) is 9.80 Å². The largest absolute Gasteiger partial charge is 0.466 e. The van der Waals surface area contributed by atoms with Gasteiger partial charge in [-0.1, -0.05) is 23.7 Å². The fraction of sp³-hybridized carbons (Fsp3) is 0.480. The van der Waals surface area contributed by atoms with Crippen LogP contribution in [0.15, 0.2) is 35.7 Å². The van der Waals surface area contributed by atoms with Crippen molar-refractivity contribution >= 4 is 40.7 Å². The number of hydrogen-bond donors (Lipinski definition) is 0. The minimum absolute atomic E-state index is 0.00296. The molecule has 0 saturated carbocycles. The van der Waals surface area contributed by atoms with Gasteiger partial charge < -0.3 is 19.3 Å². The molecule has 0 bridgehead atoms.